The third-order valence-corrected chi connectivity index (χ3v) is 7.87. The molecule has 1 fully saturated rings. The van der Waals surface area contributed by atoms with E-state index >= 15 is 0 Å². The normalized spacial score (nSPS) is 24.4. The lowest BCUT2D eigenvalue weighted by Crippen LogP contribution is -2.47. The summed E-state index contributed by atoms with van der Waals surface area (Å²) in [7, 11) is 0. The molecule has 2 aliphatic rings. The second-order valence-corrected chi connectivity index (χ2v) is 10.2. The molecule has 172 valence electrons. The van der Waals surface area contributed by atoms with E-state index in [4.69, 9.17) is 4.74 Å². The summed E-state index contributed by atoms with van der Waals surface area (Å²) in [4.78, 5) is 29.3. The van der Waals surface area contributed by atoms with Crippen LogP contribution in [0.25, 0.3) is 4.91 Å². The van der Waals surface area contributed by atoms with Crippen molar-refractivity contribution in [1.29, 1.82) is 0 Å². The second-order valence-electron chi connectivity index (χ2n) is 8.81. The Morgan fingerprint density at radius 3 is 2.24 bits per heavy atom. The molecule has 0 radical (unpaired) electrons. The Kier molecular flexibility index (Phi) is 6.54. The molecule has 5 rings (SSSR count). The van der Waals surface area contributed by atoms with E-state index < -0.39 is 6.09 Å². The van der Waals surface area contributed by atoms with Crippen molar-refractivity contribution in [2.75, 3.05) is 6.61 Å². The van der Waals surface area contributed by atoms with Gasteiger partial charge in [0, 0.05) is 16.1 Å². The summed E-state index contributed by atoms with van der Waals surface area (Å²) in [6.07, 6.45) is 2.26. The molecule has 0 bridgehead atoms. The number of rotatable bonds is 5. The number of carbonyl (C=O) groups excluding carboxylic acids is 2. The van der Waals surface area contributed by atoms with Gasteiger partial charge in [0.2, 0.25) is 5.91 Å². The molecule has 4 nitrogen and oxygen atoms in total. The van der Waals surface area contributed by atoms with Gasteiger partial charge in [0.05, 0.1) is 12.0 Å². The number of benzene rings is 3. The summed E-state index contributed by atoms with van der Waals surface area (Å²) >= 11 is 1.70. The zero-order chi connectivity index (χ0) is 23.5. The number of hydrogen-bond donors (Lipinski definition) is 0. The van der Waals surface area contributed by atoms with Gasteiger partial charge in [-0.3, -0.25) is 4.79 Å². The van der Waals surface area contributed by atoms with Crippen LogP contribution in [0.5, 0.6) is 0 Å². The molecule has 0 spiro atoms. The summed E-state index contributed by atoms with van der Waals surface area (Å²) < 4.78 is 5.37. The molecule has 0 N–H and O–H groups in total. The first-order valence-corrected chi connectivity index (χ1v) is 12.5. The number of nitrogens with zero attached hydrogens (tertiary/aromatic N) is 1. The summed E-state index contributed by atoms with van der Waals surface area (Å²) in [6.45, 7) is 2.32. The van der Waals surface area contributed by atoms with E-state index in [0.29, 0.717) is 6.42 Å². The highest BCUT2D eigenvalue weighted by molar-refractivity contribution is 8.08. The van der Waals surface area contributed by atoms with E-state index in [1.165, 1.54) is 4.90 Å². The molecule has 0 aliphatic carbocycles. The summed E-state index contributed by atoms with van der Waals surface area (Å²) in [5, 5.41) is -0.0105. The van der Waals surface area contributed by atoms with Gasteiger partial charge >= 0.3 is 6.09 Å². The summed E-state index contributed by atoms with van der Waals surface area (Å²) in [5.74, 6) is -0.657. The van der Waals surface area contributed by atoms with Crippen molar-refractivity contribution in [3.05, 3.63) is 114 Å². The number of amides is 2. The molecule has 3 aromatic carbocycles. The van der Waals surface area contributed by atoms with Gasteiger partial charge in [0.15, 0.2) is 0 Å². The van der Waals surface area contributed by atoms with Gasteiger partial charge in [-0.05, 0) is 23.1 Å². The maximum atomic E-state index is 14.0. The van der Waals surface area contributed by atoms with E-state index in [1.807, 2.05) is 66.7 Å². The molecule has 1 saturated heterocycles. The van der Waals surface area contributed by atoms with Gasteiger partial charge < -0.3 is 4.74 Å². The number of ether oxygens (including phenoxy) is 1. The monoisotopic (exact) mass is 469 g/mol. The van der Waals surface area contributed by atoms with Crippen molar-refractivity contribution in [2.45, 2.75) is 30.6 Å². The van der Waals surface area contributed by atoms with Gasteiger partial charge in [-0.2, -0.15) is 0 Å². The first-order valence-electron chi connectivity index (χ1n) is 11.6. The third kappa shape index (κ3) is 4.53. The number of thioether (sulfide) groups is 1. The Morgan fingerprint density at radius 2 is 1.56 bits per heavy atom. The van der Waals surface area contributed by atoms with Gasteiger partial charge in [0.25, 0.3) is 0 Å². The van der Waals surface area contributed by atoms with Gasteiger partial charge in [-0.25, -0.2) is 9.69 Å². The fourth-order valence-corrected chi connectivity index (χ4v) is 6.23. The average Bonchev–Trinajstić information content (AvgIpc) is 3.24. The molecule has 3 aromatic rings. The van der Waals surface area contributed by atoms with Crippen LogP contribution in [0.1, 0.15) is 29.5 Å². The maximum absolute atomic E-state index is 14.0. The number of hydrogen-bond acceptors (Lipinski definition) is 4. The Morgan fingerprint density at radius 1 is 0.941 bits per heavy atom. The summed E-state index contributed by atoms with van der Waals surface area (Å²) in [6, 6.07) is 30.0. The van der Waals surface area contributed by atoms with Crippen molar-refractivity contribution in [3.8, 4) is 0 Å². The Balaban J connectivity index is 1.49. The molecule has 2 heterocycles. The van der Waals surface area contributed by atoms with Crippen LogP contribution in [0.15, 0.2) is 97.1 Å². The zero-order valence-electron chi connectivity index (χ0n) is 19.0. The highest BCUT2D eigenvalue weighted by atomic mass is 32.2. The van der Waals surface area contributed by atoms with E-state index in [2.05, 4.69) is 37.3 Å². The van der Waals surface area contributed by atoms with Crippen molar-refractivity contribution in [2.24, 2.45) is 5.92 Å². The van der Waals surface area contributed by atoms with E-state index in [-0.39, 0.29) is 35.6 Å². The predicted octanol–water partition coefficient (Wildman–Crippen LogP) is 6.15. The molecule has 0 unspecified atom stereocenters. The molecule has 2 amide bonds. The van der Waals surface area contributed by atoms with Crippen molar-refractivity contribution >= 4 is 28.7 Å². The van der Waals surface area contributed by atoms with Gasteiger partial charge in [-0.15, -0.1) is 11.8 Å². The molecule has 5 heteroatoms. The highest BCUT2D eigenvalue weighted by Crippen LogP contribution is 2.47. The van der Waals surface area contributed by atoms with Crippen LogP contribution in [0.3, 0.4) is 0 Å². The molecule has 2 aliphatic heterocycles. The fourth-order valence-electron chi connectivity index (χ4n) is 4.90. The van der Waals surface area contributed by atoms with E-state index in [1.54, 1.807) is 11.8 Å². The standard InChI is InChI=1S/C29H27NO3S/c1-20-27(28(31)30-24(19-33-29(30)32)17-21-11-5-2-6-12-21)25(22-13-7-3-8-14-22)18-26(34-20)23-15-9-4-10-16-23/h2-16,18,20,24-25,27H,17,19H2,1H3/t20-,24-,25-,27-/m0/s1. The quantitative estimate of drug-likeness (QED) is 0.449. The zero-order valence-corrected chi connectivity index (χ0v) is 19.9. The smallest absolute Gasteiger partial charge is 0.416 e. The minimum Gasteiger partial charge on any atom is -0.447 e. The topological polar surface area (TPSA) is 46.6 Å². The Labute approximate surface area is 204 Å². The Bertz CT molecular complexity index is 1180. The van der Waals surface area contributed by atoms with Crippen LogP contribution in [0.4, 0.5) is 4.79 Å². The van der Waals surface area contributed by atoms with Gasteiger partial charge in [0.1, 0.15) is 6.61 Å². The predicted molar refractivity (Wildman–Crippen MR) is 136 cm³/mol. The highest BCUT2D eigenvalue weighted by Gasteiger charge is 2.46. The molecule has 34 heavy (non-hydrogen) atoms. The minimum absolute atomic E-state index is 0.0105. The van der Waals surface area contributed by atoms with Crippen LogP contribution < -0.4 is 0 Å². The fraction of sp³-hybridized carbons (Fsp3) is 0.241. The largest absolute Gasteiger partial charge is 0.447 e. The molecule has 0 saturated carbocycles. The van der Waals surface area contributed by atoms with Crippen molar-refractivity contribution in [1.82, 2.24) is 4.90 Å². The minimum atomic E-state index is -0.534. The van der Waals surface area contributed by atoms with Crippen molar-refractivity contribution in [3.63, 3.8) is 0 Å². The number of allylic oxidation sites excluding steroid dienone is 1. The van der Waals surface area contributed by atoms with E-state index in [0.717, 1.165) is 21.6 Å². The number of cyclic esters (lactones) is 1. The SMILES string of the molecule is C[C@@H]1SC(c2ccccc2)=C[C@@H](c2ccccc2)[C@H]1C(=O)N1C(=O)OC[C@@H]1Cc1ccccc1. The van der Waals surface area contributed by atoms with Crippen LogP contribution in [-0.4, -0.2) is 34.8 Å². The summed E-state index contributed by atoms with van der Waals surface area (Å²) in [5.41, 5.74) is 3.31. The first kappa shape index (κ1) is 22.5. The third-order valence-electron chi connectivity index (χ3n) is 6.58. The van der Waals surface area contributed by atoms with Crippen LogP contribution in [-0.2, 0) is 16.0 Å². The number of carbonyl (C=O) groups is 2. The van der Waals surface area contributed by atoms with Crippen molar-refractivity contribution < 1.29 is 14.3 Å². The van der Waals surface area contributed by atoms with E-state index in [9.17, 15) is 9.59 Å². The molecule has 0 aromatic heterocycles. The lowest BCUT2D eigenvalue weighted by molar-refractivity contribution is -0.133. The number of imide groups is 1. The second kappa shape index (κ2) is 9.90. The van der Waals surface area contributed by atoms with Gasteiger partial charge in [-0.1, -0.05) is 104 Å². The molecular weight excluding hydrogens is 442 g/mol. The molecule has 4 atom stereocenters. The lowest BCUT2D eigenvalue weighted by Gasteiger charge is -2.36. The Hall–Kier alpha value is -3.31. The first-order chi connectivity index (χ1) is 16.6. The van der Waals surface area contributed by atoms with Crippen LogP contribution >= 0.6 is 11.8 Å². The van der Waals surface area contributed by atoms with Crippen LogP contribution in [0.2, 0.25) is 0 Å². The lowest BCUT2D eigenvalue weighted by atomic mass is 9.81. The average molecular weight is 470 g/mol. The maximum Gasteiger partial charge on any atom is 0.416 e. The van der Waals surface area contributed by atoms with Crippen LogP contribution in [0, 0.1) is 5.92 Å². The molecular formula is C29H27NO3S.